The first-order chi connectivity index (χ1) is 6.07. The summed E-state index contributed by atoms with van der Waals surface area (Å²) in [5.41, 5.74) is 4.15. The van der Waals surface area contributed by atoms with Crippen molar-refractivity contribution in [2.75, 3.05) is 0 Å². The molecular formula is C13H22. The molecule has 0 aliphatic rings. The zero-order chi connectivity index (χ0) is 10.3. The van der Waals surface area contributed by atoms with Crippen molar-refractivity contribution >= 4 is 0 Å². The minimum Gasteiger partial charge on any atom is -0.0988 e. The SMILES string of the molecule is C=CC(=C)CCCCC(C)=C(C)C. The summed E-state index contributed by atoms with van der Waals surface area (Å²) < 4.78 is 0. The Hall–Kier alpha value is -0.780. The predicted octanol–water partition coefficient (Wildman–Crippen LogP) is 4.65. The van der Waals surface area contributed by atoms with Gasteiger partial charge in [0, 0.05) is 0 Å². The van der Waals surface area contributed by atoms with Crippen LogP contribution in [0.15, 0.2) is 36.0 Å². The van der Waals surface area contributed by atoms with E-state index >= 15 is 0 Å². The quantitative estimate of drug-likeness (QED) is 0.315. The lowest BCUT2D eigenvalue weighted by Crippen LogP contribution is -1.83. The van der Waals surface area contributed by atoms with Gasteiger partial charge in [0.1, 0.15) is 0 Å². The van der Waals surface area contributed by atoms with Gasteiger partial charge in [-0.3, -0.25) is 0 Å². The molecule has 0 heterocycles. The highest BCUT2D eigenvalue weighted by Gasteiger charge is 1.94. The molecule has 0 radical (unpaired) electrons. The zero-order valence-corrected chi connectivity index (χ0v) is 9.32. The fraction of sp³-hybridized carbons (Fsp3) is 0.538. The van der Waals surface area contributed by atoms with E-state index in [4.69, 9.17) is 0 Å². The van der Waals surface area contributed by atoms with E-state index in [1.165, 1.54) is 30.4 Å². The summed E-state index contributed by atoms with van der Waals surface area (Å²) in [6.07, 6.45) is 6.68. The molecule has 0 aromatic carbocycles. The second-order valence-electron chi connectivity index (χ2n) is 3.85. The van der Waals surface area contributed by atoms with Crippen molar-refractivity contribution < 1.29 is 0 Å². The monoisotopic (exact) mass is 178 g/mol. The van der Waals surface area contributed by atoms with E-state index in [-0.39, 0.29) is 0 Å². The van der Waals surface area contributed by atoms with E-state index in [0.717, 1.165) is 12.0 Å². The predicted molar refractivity (Wildman–Crippen MR) is 61.9 cm³/mol. The highest BCUT2D eigenvalue weighted by molar-refractivity contribution is 5.10. The van der Waals surface area contributed by atoms with Crippen molar-refractivity contribution in [3.8, 4) is 0 Å². The molecule has 0 aromatic rings. The molecule has 0 aliphatic carbocycles. The van der Waals surface area contributed by atoms with Crippen molar-refractivity contribution in [3.05, 3.63) is 36.0 Å². The summed E-state index contributed by atoms with van der Waals surface area (Å²) in [5.74, 6) is 0. The molecule has 0 amide bonds. The topological polar surface area (TPSA) is 0 Å². The van der Waals surface area contributed by atoms with Crippen LogP contribution in [0.1, 0.15) is 46.5 Å². The molecule has 0 aliphatic heterocycles. The van der Waals surface area contributed by atoms with E-state index < -0.39 is 0 Å². The maximum Gasteiger partial charge on any atom is -0.0285 e. The summed E-state index contributed by atoms with van der Waals surface area (Å²) >= 11 is 0. The lowest BCUT2D eigenvalue weighted by molar-refractivity contribution is 0.728. The van der Waals surface area contributed by atoms with Crippen LogP contribution in [0.5, 0.6) is 0 Å². The largest absolute Gasteiger partial charge is 0.0988 e. The Bertz CT molecular complexity index is 202. The van der Waals surface area contributed by atoms with E-state index in [1.54, 1.807) is 0 Å². The summed E-state index contributed by atoms with van der Waals surface area (Å²) in [4.78, 5) is 0. The molecule has 0 saturated heterocycles. The summed E-state index contributed by atoms with van der Waals surface area (Å²) in [7, 11) is 0. The van der Waals surface area contributed by atoms with Crippen LogP contribution < -0.4 is 0 Å². The van der Waals surface area contributed by atoms with Crippen molar-refractivity contribution in [1.29, 1.82) is 0 Å². The fourth-order valence-electron chi connectivity index (χ4n) is 1.09. The summed E-state index contributed by atoms with van der Waals surface area (Å²) in [5, 5.41) is 0. The highest BCUT2D eigenvalue weighted by Crippen LogP contribution is 2.14. The van der Waals surface area contributed by atoms with Gasteiger partial charge in [-0.25, -0.2) is 0 Å². The first kappa shape index (κ1) is 12.2. The van der Waals surface area contributed by atoms with Gasteiger partial charge in [0.15, 0.2) is 0 Å². The average molecular weight is 178 g/mol. The van der Waals surface area contributed by atoms with Gasteiger partial charge in [-0.15, -0.1) is 0 Å². The Morgan fingerprint density at radius 3 is 2.08 bits per heavy atom. The molecular weight excluding hydrogens is 156 g/mol. The van der Waals surface area contributed by atoms with Crippen molar-refractivity contribution in [3.63, 3.8) is 0 Å². The third kappa shape index (κ3) is 6.39. The van der Waals surface area contributed by atoms with Gasteiger partial charge in [0.2, 0.25) is 0 Å². The standard InChI is InChI=1S/C13H22/c1-6-12(4)9-7-8-10-13(5)11(2)3/h6H,1,4,7-10H2,2-3,5H3. The number of rotatable bonds is 6. The Labute approximate surface area is 83.0 Å². The number of unbranched alkanes of at least 4 members (excludes halogenated alkanes) is 1. The molecule has 0 aromatic heterocycles. The third-order valence-corrected chi connectivity index (χ3v) is 2.44. The highest BCUT2D eigenvalue weighted by atomic mass is 14.0. The number of allylic oxidation sites excluding steroid dienone is 4. The molecule has 0 heteroatoms. The van der Waals surface area contributed by atoms with Gasteiger partial charge >= 0.3 is 0 Å². The van der Waals surface area contributed by atoms with E-state index in [1.807, 2.05) is 6.08 Å². The normalized spacial score (nSPS) is 9.46. The van der Waals surface area contributed by atoms with Crippen molar-refractivity contribution in [1.82, 2.24) is 0 Å². The average Bonchev–Trinajstić information content (AvgIpc) is 2.11. The van der Waals surface area contributed by atoms with Crippen LogP contribution in [0.4, 0.5) is 0 Å². The first-order valence-corrected chi connectivity index (χ1v) is 5.01. The molecule has 13 heavy (non-hydrogen) atoms. The molecule has 0 N–H and O–H groups in total. The Morgan fingerprint density at radius 1 is 1.08 bits per heavy atom. The minimum atomic E-state index is 1.10. The molecule has 0 atom stereocenters. The van der Waals surface area contributed by atoms with Gasteiger partial charge in [0.25, 0.3) is 0 Å². The van der Waals surface area contributed by atoms with E-state index in [2.05, 4.69) is 33.9 Å². The van der Waals surface area contributed by atoms with Crippen LogP contribution in [0.3, 0.4) is 0 Å². The van der Waals surface area contributed by atoms with Gasteiger partial charge in [-0.05, 0) is 46.5 Å². The number of hydrogen-bond donors (Lipinski definition) is 0. The summed E-state index contributed by atoms with van der Waals surface area (Å²) in [6, 6.07) is 0. The fourth-order valence-corrected chi connectivity index (χ4v) is 1.09. The van der Waals surface area contributed by atoms with Gasteiger partial charge in [-0.2, -0.15) is 0 Å². The molecule has 0 fully saturated rings. The van der Waals surface area contributed by atoms with Crippen LogP contribution >= 0.6 is 0 Å². The Kier molecular flexibility index (Phi) is 6.30. The molecule has 0 nitrogen and oxygen atoms in total. The molecule has 0 rings (SSSR count). The maximum absolute atomic E-state index is 3.89. The second kappa shape index (κ2) is 6.71. The number of hydrogen-bond acceptors (Lipinski definition) is 0. The van der Waals surface area contributed by atoms with Crippen molar-refractivity contribution in [2.24, 2.45) is 0 Å². The molecule has 0 saturated carbocycles. The van der Waals surface area contributed by atoms with Gasteiger partial charge in [-0.1, -0.05) is 36.0 Å². The lowest BCUT2D eigenvalue weighted by Gasteiger charge is -2.03. The van der Waals surface area contributed by atoms with E-state index in [9.17, 15) is 0 Å². The lowest BCUT2D eigenvalue weighted by atomic mass is 10.0. The first-order valence-electron chi connectivity index (χ1n) is 5.01. The second-order valence-corrected chi connectivity index (χ2v) is 3.85. The van der Waals surface area contributed by atoms with Gasteiger partial charge in [0.05, 0.1) is 0 Å². The smallest absolute Gasteiger partial charge is 0.0285 e. The summed E-state index contributed by atoms with van der Waals surface area (Å²) in [6.45, 7) is 14.2. The molecule has 0 spiro atoms. The molecule has 74 valence electrons. The molecule has 0 unspecified atom stereocenters. The Morgan fingerprint density at radius 2 is 1.62 bits per heavy atom. The molecule has 0 bridgehead atoms. The Balaban J connectivity index is 3.52. The van der Waals surface area contributed by atoms with Crippen LogP contribution in [0, 0.1) is 0 Å². The van der Waals surface area contributed by atoms with Crippen LogP contribution in [-0.4, -0.2) is 0 Å². The maximum atomic E-state index is 3.89. The van der Waals surface area contributed by atoms with Crippen LogP contribution in [-0.2, 0) is 0 Å². The third-order valence-electron chi connectivity index (χ3n) is 2.44. The van der Waals surface area contributed by atoms with Crippen LogP contribution in [0.2, 0.25) is 0 Å². The van der Waals surface area contributed by atoms with E-state index in [0.29, 0.717) is 0 Å². The van der Waals surface area contributed by atoms with Crippen molar-refractivity contribution in [2.45, 2.75) is 46.5 Å². The van der Waals surface area contributed by atoms with Gasteiger partial charge < -0.3 is 0 Å². The zero-order valence-electron chi connectivity index (χ0n) is 9.32. The van der Waals surface area contributed by atoms with Crippen LogP contribution in [0.25, 0.3) is 0 Å². The minimum absolute atomic E-state index is 1.10.